The molecule has 2 amide bonds. The number of thioether (sulfide) groups is 1. The molecule has 1 unspecified atom stereocenters. The Kier molecular flexibility index (Phi) is 7.82. The van der Waals surface area contributed by atoms with E-state index in [4.69, 9.17) is 10.6 Å². The number of hydrogen-bond donors (Lipinski definition) is 2. The number of anilines is 2. The van der Waals surface area contributed by atoms with Crippen LogP contribution in [0.4, 0.5) is 10.3 Å². The normalized spacial score (nSPS) is 20.7. The number of aliphatic carboxylic acids is 1. The zero-order valence-corrected chi connectivity index (χ0v) is 24.2. The number of aromatic nitrogens is 2. The van der Waals surface area contributed by atoms with Gasteiger partial charge >= 0.3 is 5.13 Å². The zero-order chi connectivity index (χ0) is 27.8. The van der Waals surface area contributed by atoms with Crippen LogP contribution in [0.2, 0.25) is 0 Å². The molecule has 0 bridgehead atoms. The van der Waals surface area contributed by atoms with Crippen LogP contribution in [0.25, 0.3) is 0 Å². The second-order valence-corrected chi connectivity index (χ2v) is 12.5. The average Bonchev–Trinajstić information content (AvgIpc) is 3.50. The van der Waals surface area contributed by atoms with Gasteiger partial charge in [0.15, 0.2) is 10.8 Å². The summed E-state index contributed by atoms with van der Waals surface area (Å²) >= 11 is 4.28. The van der Waals surface area contributed by atoms with Gasteiger partial charge in [-0.1, -0.05) is 16.5 Å². The van der Waals surface area contributed by atoms with Crippen molar-refractivity contribution in [2.45, 2.75) is 44.0 Å². The third kappa shape index (κ3) is 5.10. The summed E-state index contributed by atoms with van der Waals surface area (Å²) < 4.78 is 2.19. The summed E-state index contributed by atoms with van der Waals surface area (Å²) in [5, 5.41) is 21.1. The lowest BCUT2D eigenvalue weighted by molar-refractivity contribution is -0.662. The van der Waals surface area contributed by atoms with Crippen LogP contribution in [-0.4, -0.2) is 70.7 Å². The molecule has 39 heavy (non-hydrogen) atoms. The van der Waals surface area contributed by atoms with Crippen molar-refractivity contribution >= 4 is 68.2 Å². The molecule has 15 heteroatoms. The second-order valence-electron chi connectivity index (χ2n) is 9.41. The summed E-state index contributed by atoms with van der Waals surface area (Å²) in [6.07, 6.45) is 4.46. The monoisotopic (exact) mass is 591 g/mol. The van der Waals surface area contributed by atoms with Crippen LogP contribution < -0.4 is 25.6 Å². The van der Waals surface area contributed by atoms with Gasteiger partial charge in [0, 0.05) is 23.1 Å². The first-order valence-electron chi connectivity index (χ1n) is 12.5. The van der Waals surface area contributed by atoms with Crippen molar-refractivity contribution in [3.63, 3.8) is 0 Å². The molecule has 208 valence electrons. The fourth-order valence-corrected chi connectivity index (χ4v) is 8.22. The number of carbonyl (C=O) groups excluding carboxylic acids is 3. The Morgan fingerprint density at radius 2 is 2.15 bits per heavy atom. The van der Waals surface area contributed by atoms with Gasteiger partial charge in [-0.3, -0.25) is 19.4 Å². The van der Waals surface area contributed by atoms with Gasteiger partial charge < -0.3 is 25.8 Å². The highest BCUT2D eigenvalue weighted by atomic mass is 32.2. The van der Waals surface area contributed by atoms with Gasteiger partial charge in [-0.2, -0.15) is 0 Å². The highest BCUT2D eigenvalue weighted by molar-refractivity contribution is 8.00. The molecule has 3 N–H and O–H groups in total. The van der Waals surface area contributed by atoms with Gasteiger partial charge in [0.05, 0.1) is 30.6 Å². The van der Waals surface area contributed by atoms with Gasteiger partial charge in [0.1, 0.15) is 36.0 Å². The maximum Gasteiger partial charge on any atom is 0.336 e. The molecule has 2 atom stereocenters. The molecule has 1 aliphatic carbocycles. The van der Waals surface area contributed by atoms with Crippen LogP contribution in [0.1, 0.15) is 36.0 Å². The van der Waals surface area contributed by atoms with Crippen molar-refractivity contribution in [2.75, 3.05) is 36.6 Å². The third-order valence-electron chi connectivity index (χ3n) is 6.84. The number of rotatable bonds is 9. The van der Waals surface area contributed by atoms with Gasteiger partial charge in [-0.05, 0) is 26.2 Å². The van der Waals surface area contributed by atoms with Crippen LogP contribution in [-0.2, 0) is 39.1 Å². The smallest absolute Gasteiger partial charge is 0.336 e. The standard InChI is InChI=1S/C24H29N7O5S3/c1-4-36-28-16(13-11-38-23(25)26-13)19(32)27-17-20(33)31-18(22(34)35)12(10-37-21(17)31)9-29(2)24-30(3)14-7-5-6-8-15(14)39-24/h11,17,21H,4-10H2,1-3H3,(H3-,25,26,27,32,34,35)/b28-16+/t17?,21-/m1/s1. The Hall–Kier alpha value is -3.17. The van der Waals surface area contributed by atoms with Crippen LogP contribution in [0.5, 0.6) is 0 Å². The van der Waals surface area contributed by atoms with Crippen molar-refractivity contribution in [1.82, 2.24) is 15.2 Å². The molecule has 0 saturated carbocycles. The molecular weight excluding hydrogens is 563 g/mol. The SMILES string of the molecule is CCO/N=C(/C(=O)NC1C(=O)N2C(C(=O)[O-])=C(CN(C)c3sc4c([n+]3C)CCCC4)CS[C@H]12)c1csc(N)n1. The molecule has 3 aliphatic rings. The molecule has 4 heterocycles. The molecule has 5 rings (SSSR count). The van der Waals surface area contributed by atoms with E-state index in [1.165, 1.54) is 40.1 Å². The van der Waals surface area contributed by atoms with E-state index in [1.54, 1.807) is 23.6 Å². The number of nitrogen functional groups attached to an aromatic ring is 1. The number of nitrogens with two attached hydrogens (primary N) is 1. The molecule has 2 aromatic heterocycles. The zero-order valence-electron chi connectivity index (χ0n) is 21.8. The lowest BCUT2D eigenvalue weighted by Gasteiger charge is -2.50. The quantitative estimate of drug-likeness (QED) is 0.174. The third-order valence-corrected chi connectivity index (χ3v) is 10.3. The first kappa shape index (κ1) is 27.4. The van der Waals surface area contributed by atoms with Gasteiger partial charge in [0.25, 0.3) is 11.8 Å². The first-order chi connectivity index (χ1) is 18.7. The van der Waals surface area contributed by atoms with Crippen LogP contribution in [0, 0.1) is 0 Å². The van der Waals surface area contributed by atoms with Crippen molar-refractivity contribution < 1.29 is 28.9 Å². The van der Waals surface area contributed by atoms with E-state index in [0.717, 1.165) is 29.3 Å². The maximum absolute atomic E-state index is 13.2. The Morgan fingerprint density at radius 3 is 2.82 bits per heavy atom. The largest absolute Gasteiger partial charge is 0.543 e. The number of amides is 2. The average molecular weight is 592 g/mol. The Balaban J connectivity index is 1.33. The molecule has 1 fully saturated rings. The number of carboxylic acid groups (broad SMARTS) is 1. The lowest BCUT2D eigenvalue weighted by atomic mass is 10.0. The van der Waals surface area contributed by atoms with Gasteiger partial charge in [-0.15, -0.1) is 23.1 Å². The minimum atomic E-state index is -1.41. The highest BCUT2D eigenvalue weighted by Crippen LogP contribution is 2.41. The molecule has 2 aliphatic heterocycles. The van der Waals surface area contributed by atoms with Crippen LogP contribution in [0.15, 0.2) is 21.8 Å². The molecule has 0 aromatic carbocycles. The molecule has 0 spiro atoms. The topological polar surface area (TPSA) is 157 Å². The van der Waals surface area contributed by atoms with E-state index in [9.17, 15) is 19.5 Å². The van der Waals surface area contributed by atoms with E-state index >= 15 is 0 Å². The molecule has 0 radical (unpaired) electrons. The fourth-order valence-electron chi connectivity index (χ4n) is 5.04. The van der Waals surface area contributed by atoms with Crippen molar-refractivity contribution in [1.29, 1.82) is 0 Å². The van der Waals surface area contributed by atoms with Crippen molar-refractivity contribution in [3.8, 4) is 0 Å². The number of oxime groups is 1. The fraction of sp³-hybridized carbons (Fsp3) is 0.500. The van der Waals surface area contributed by atoms with Crippen LogP contribution in [0.3, 0.4) is 0 Å². The minimum Gasteiger partial charge on any atom is -0.543 e. The molecule has 1 saturated heterocycles. The summed E-state index contributed by atoms with van der Waals surface area (Å²) in [7, 11) is 3.97. The summed E-state index contributed by atoms with van der Waals surface area (Å²) in [4.78, 5) is 52.3. The number of fused-ring (bicyclic) bond motifs is 2. The highest BCUT2D eigenvalue weighted by Gasteiger charge is 2.53. The number of carboxylic acids is 1. The number of nitrogens with zero attached hydrogens (tertiary/aromatic N) is 5. The maximum atomic E-state index is 13.2. The lowest BCUT2D eigenvalue weighted by Crippen LogP contribution is -2.71. The number of likely N-dealkylation sites (N-methyl/N-ethyl adjacent to an activating group) is 1. The second kappa shape index (κ2) is 11.1. The molecular formula is C24H29N7O5S3. The van der Waals surface area contributed by atoms with E-state index < -0.39 is 29.2 Å². The Bertz CT molecular complexity index is 1380. The number of aryl methyl sites for hydroxylation is 1. The Labute approximate surface area is 237 Å². The van der Waals surface area contributed by atoms with Gasteiger partial charge in [-0.25, -0.2) is 9.55 Å². The Morgan fingerprint density at radius 1 is 1.38 bits per heavy atom. The van der Waals surface area contributed by atoms with E-state index in [0.29, 0.717) is 17.9 Å². The molecule has 12 nitrogen and oxygen atoms in total. The summed E-state index contributed by atoms with van der Waals surface area (Å²) in [6, 6.07) is -0.930. The summed E-state index contributed by atoms with van der Waals surface area (Å²) in [5.41, 5.74) is 7.63. The number of β-lactam (4-membered cyclic amide) rings is 1. The van der Waals surface area contributed by atoms with E-state index in [1.807, 2.05) is 19.0 Å². The number of thiazole rings is 2. The predicted molar refractivity (Wildman–Crippen MR) is 147 cm³/mol. The minimum absolute atomic E-state index is 0.110. The van der Waals surface area contributed by atoms with Gasteiger partial charge in [0.2, 0.25) is 0 Å². The van der Waals surface area contributed by atoms with Crippen molar-refractivity contribution in [2.24, 2.45) is 12.2 Å². The first-order valence-corrected chi connectivity index (χ1v) is 15.3. The molecule has 2 aromatic rings. The number of nitrogens with one attached hydrogen (secondary N) is 1. The summed E-state index contributed by atoms with van der Waals surface area (Å²) in [5.74, 6) is -2.21. The number of carbonyl (C=O) groups is 3. The van der Waals surface area contributed by atoms with E-state index in [2.05, 4.69) is 20.0 Å². The number of hydrogen-bond acceptors (Lipinski definition) is 12. The van der Waals surface area contributed by atoms with Crippen molar-refractivity contribution in [3.05, 3.63) is 32.9 Å². The van der Waals surface area contributed by atoms with E-state index in [-0.39, 0.29) is 28.8 Å². The summed E-state index contributed by atoms with van der Waals surface area (Å²) in [6.45, 7) is 2.29. The van der Waals surface area contributed by atoms with Crippen LogP contribution >= 0.6 is 34.4 Å². The predicted octanol–water partition coefficient (Wildman–Crippen LogP) is -0.229.